The van der Waals surface area contributed by atoms with E-state index in [2.05, 4.69) is 10.3 Å². The molecule has 1 saturated carbocycles. The van der Waals surface area contributed by atoms with E-state index in [-0.39, 0.29) is 16.2 Å². The first kappa shape index (κ1) is 26.3. The molecule has 1 aromatic heterocycles. The Morgan fingerprint density at radius 1 is 1.03 bits per heavy atom. The number of amides is 2. The lowest BCUT2D eigenvalue weighted by molar-refractivity contribution is -0.136. The van der Waals surface area contributed by atoms with Crippen LogP contribution in [0.2, 0.25) is 0 Å². The van der Waals surface area contributed by atoms with E-state index in [9.17, 15) is 18.0 Å². The lowest BCUT2D eigenvalue weighted by Crippen LogP contribution is -2.31. The molecule has 3 N–H and O–H groups in total. The van der Waals surface area contributed by atoms with Gasteiger partial charge in [-0.2, -0.15) is 0 Å². The van der Waals surface area contributed by atoms with Crippen LogP contribution in [0.1, 0.15) is 47.7 Å². The van der Waals surface area contributed by atoms with Gasteiger partial charge < -0.3 is 19.9 Å². The Labute approximate surface area is 224 Å². The van der Waals surface area contributed by atoms with Gasteiger partial charge in [-0.3, -0.25) is 14.9 Å². The van der Waals surface area contributed by atoms with Gasteiger partial charge in [-0.25, -0.2) is 13.4 Å². The van der Waals surface area contributed by atoms with E-state index in [0.29, 0.717) is 66.0 Å². The third kappa shape index (κ3) is 6.21. The van der Waals surface area contributed by atoms with Crippen molar-refractivity contribution in [3.05, 3.63) is 65.9 Å². The van der Waals surface area contributed by atoms with Crippen LogP contribution < -0.4 is 15.8 Å². The number of hydrogen-bond acceptors (Lipinski definition) is 9. The number of nitrogens with zero attached hydrogens (tertiary/aromatic N) is 1. The molecule has 2 aliphatic rings. The number of thiazole rings is 1. The van der Waals surface area contributed by atoms with Crippen LogP contribution in [0, 0.1) is 0 Å². The normalized spacial score (nSPS) is 17.1. The monoisotopic (exact) mass is 557 g/mol. The summed E-state index contributed by atoms with van der Waals surface area (Å²) in [5.74, 6) is -0.476. The second kappa shape index (κ2) is 11.2. The van der Waals surface area contributed by atoms with Crippen LogP contribution in [-0.2, 0) is 24.1 Å². The predicted octanol–water partition coefficient (Wildman–Crippen LogP) is 3.85. The molecule has 2 aromatic carbocycles. The van der Waals surface area contributed by atoms with Crippen molar-refractivity contribution < 1.29 is 32.2 Å². The molecule has 10 nitrogen and oxygen atoms in total. The Balaban J connectivity index is 1.30. The van der Waals surface area contributed by atoms with Gasteiger partial charge in [-0.15, -0.1) is 0 Å². The maximum Gasteiger partial charge on any atom is 0.259 e. The van der Waals surface area contributed by atoms with E-state index >= 15 is 0 Å². The van der Waals surface area contributed by atoms with Gasteiger partial charge in [-0.05, 0) is 67.6 Å². The van der Waals surface area contributed by atoms with Crippen molar-refractivity contribution in [2.75, 3.05) is 18.5 Å². The van der Waals surface area contributed by atoms with Gasteiger partial charge >= 0.3 is 0 Å². The molecule has 3 aromatic rings. The first-order chi connectivity index (χ1) is 18.3. The fourth-order valence-electron chi connectivity index (χ4n) is 4.04. The minimum Gasteiger partial charge on any atom is -0.445 e. The first-order valence-corrected chi connectivity index (χ1v) is 14.6. The average Bonchev–Trinajstić information content (AvgIpc) is 3.70. The molecule has 5 rings (SSSR count). The summed E-state index contributed by atoms with van der Waals surface area (Å²) in [4.78, 5) is 29.1. The first-order valence-electron chi connectivity index (χ1n) is 12.2. The number of primary amides is 1. The van der Waals surface area contributed by atoms with E-state index in [1.165, 1.54) is 18.3 Å². The Hall–Kier alpha value is -3.32. The summed E-state index contributed by atoms with van der Waals surface area (Å²) >= 11 is 1.13. The molecule has 1 aliphatic carbocycles. The second-order valence-electron chi connectivity index (χ2n) is 9.11. The molecule has 0 spiro atoms. The summed E-state index contributed by atoms with van der Waals surface area (Å²) in [5.41, 5.74) is 6.17. The number of anilines is 1. The molecule has 200 valence electrons. The van der Waals surface area contributed by atoms with Crippen molar-refractivity contribution in [2.24, 2.45) is 5.73 Å². The van der Waals surface area contributed by atoms with Crippen molar-refractivity contribution in [1.82, 2.24) is 4.98 Å². The third-order valence-corrected chi connectivity index (χ3v) is 9.35. The Kier molecular flexibility index (Phi) is 7.75. The lowest BCUT2D eigenvalue weighted by atomic mass is 10.1. The highest BCUT2D eigenvalue weighted by molar-refractivity contribution is 7.92. The zero-order valence-electron chi connectivity index (χ0n) is 20.4. The molecule has 2 heterocycles. The fourth-order valence-corrected chi connectivity index (χ4v) is 6.39. The van der Waals surface area contributed by atoms with E-state index in [4.69, 9.17) is 19.9 Å². The maximum absolute atomic E-state index is 13.4. The molecular weight excluding hydrogens is 530 g/mol. The van der Waals surface area contributed by atoms with E-state index in [0.717, 1.165) is 11.3 Å². The quantitative estimate of drug-likeness (QED) is 0.382. The van der Waals surface area contributed by atoms with Crippen molar-refractivity contribution in [2.45, 2.75) is 48.0 Å². The third-order valence-electron chi connectivity index (χ3n) is 6.28. The summed E-state index contributed by atoms with van der Waals surface area (Å²) < 4.78 is 42.5. The smallest absolute Gasteiger partial charge is 0.259 e. The molecule has 0 radical (unpaired) electrons. The average molecular weight is 558 g/mol. The van der Waals surface area contributed by atoms with E-state index in [1.54, 1.807) is 36.4 Å². The van der Waals surface area contributed by atoms with Crippen LogP contribution >= 0.6 is 11.3 Å². The molecule has 12 heteroatoms. The van der Waals surface area contributed by atoms with Crippen LogP contribution in [0.15, 0.2) is 59.6 Å². The fraction of sp³-hybridized carbons (Fsp3) is 0.346. The standard InChI is InChI=1S/C26H27N3O7S2/c27-24(30)17-1-5-18(6-2-17)35-22-15-28-26(37-22)29-25(31)23(36-19-11-13-34-14-12-19)16-3-7-20(8-4-16)38(32,33)21-9-10-21/h1-8,15,19,21,23H,9-14H2,(H2,27,30)(H,28,29,31). The van der Waals surface area contributed by atoms with Crippen LogP contribution in [0.5, 0.6) is 10.8 Å². The van der Waals surface area contributed by atoms with E-state index < -0.39 is 27.8 Å². The number of sulfone groups is 1. The van der Waals surface area contributed by atoms with Gasteiger partial charge in [0, 0.05) is 18.8 Å². The highest BCUT2D eigenvalue weighted by Gasteiger charge is 2.37. The van der Waals surface area contributed by atoms with Gasteiger partial charge in [0.1, 0.15) is 5.75 Å². The van der Waals surface area contributed by atoms with Gasteiger partial charge in [0.25, 0.3) is 5.91 Å². The highest BCUT2D eigenvalue weighted by Crippen LogP contribution is 2.35. The van der Waals surface area contributed by atoms with E-state index in [1.807, 2.05) is 0 Å². The minimum absolute atomic E-state index is 0.173. The summed E-state index contributed by atoms with van der Waals surface area (Å²) in [5, 5.41) is 3.22. The van der Waals surface area contributed by atoms with Crippen molar-refractivity contribution in [3.63, 3.8) is 0 Å². The minimum atomic E-state index is -3.34. The second-order valence-corrected chi connectivity index (χ2v) is 12.3. The summed E-state index contributed by atoms with van der Waals surface area (Å²) in [6, 6.07) is 12.7. The number of carbonyl (C=O) groups excluding carboxylic acids is 2. The van der Waals surface area contributed by atoms with Crippen molar-refractivity contribution >= 4 is 38.1 Å². The number of ether oxygens (including phenoxy) is 3. The largest absolute Gasteiger partial charge is 0.445 e. The van der Waals surface area contributed by atoms with Gasteiger partial charge in [0.05, 0.1) is 22.4 Å². The predicted molar refractivity (Wildman–Crippen MR) is 140 cm³/mol. The van der Waals surface area contributed by atoms with Crippen LogP contribution in [-0.4, -0.2) is 49.8 Å². The molecule has 1 unspecified atom stereocenters. The number of aromatic nitrogens is 1. The summed E-state index contributed by atoms with van der Waals surface area (Å²) in [6.07, 6.45) is 3.01. The Bertz CT molecular complexity index is 1400. The molecule has 2 fully saturated rings. The molecule has 1 saturated heterocycles. The van der Waals surface area contributed by atoms with Gasteiger partial charge in [0.2, 0.25) is 11.0 Å². The molecule has 1 aliphatic heterocycles. The number of carbonyl (C=O) groups is 2. The number of nitrogens with two attached hydrogens (primary N) is 1. The SMILES string of the molecule is NC(=O)c1ccc(Oc2cnc(NC(=O)C(OC3CCOCC3)c3ccc(S(=O)(=O)C4CC4)cc3)s2)cc1. The van der Waals surface area contributed by atoms with Gasteiger partial charge in [-0.1, -0.05) is 23.5 Å². The highest BCUT2D eigenvalue weighted by atomic mass is 32.2. The van der Waals surface area contributed by atoms with Crippen molar-refractivity contribution in [3.8, 4) is 10.8 Å². The molecule has 38 heavy (non-hydrogen) atoms. The number of nitrogens with one attached hydrogen (secondary N) is 1. The number of benzene rings is 2. The van der Waals surface area contributed by atoms with Gasteiger partial charge in [0.15, 0.2) is 21.1 Å². The number of hydrogen-bond donors (Lipinski definition) is 2. The van der Waals surface area contributed by atoms with Crippen LogP contribution in [0.4, 0.5) is 5.13 Å². The van der Waals surface area contributed by atoms with Crippen LogP contribution in [0.25, 0.3) is 0 Å². The topological polar surface area (TPSA) is 147 Å². The Morgan fingerprint density at radius 3 is 2.34 bits per heavy atom. The summed E-state index contributed by atoms with van der Waals surface area (Å²) in [6.45, 7) is 1.09. The molecule has 0 bridgehead atoms. The maximum atomic E-state index is 13.4. The zero-order valence-corrected chi connectivity index (χ0v) is 22.0. The zero-order chi connectivity index (χ0) is 26.7. The van der Waals surface area contributed by atoms with Crippen molar-refractivity contribution in [1.29, 1.82) is 0 Å². The number of rotatable bonds is 10. The lowest BCUT2D eigenvalue weighted by Gasteiger charge is -2.27. The molecular formula is C26H27N3O7S2. The summed E-state index contributed by atoms with van der Waals surface area (Å²) in [7, 11) is -3.34. The Morgan fingerprint density at radius 2 is 1.71 bits per heavy atom. The van der Waals surface area contributed by atoms with Crippen LogP contribution in [0.3, 0.4) is 0 Å². The molecule has 1 atom stereocenters. The molecule has 2 amide bonds.